The Morgan fingerprint density at radius 1 is 1.32 bits per heavy atom. The molecule has 124 valence electrons. The largest absolute Gasteiger partial charge is 0.495 e. The standard InChI is InChI=1S/C15H23ClN2O3S/c1-11(2)18-8-6-12(7-9-18)17-22(19,20)13-4-5-15(21-3)14(16)10-13/h4-5,10-12,17H,6-9H2,1-3H3. The number of benzene rings is 1. The molecule has 2 rings (SSSR count). The quantitative estimate of drug-likeness (QED) is 0.890. The highest BCUT2D eigenvalue weighted by Gasteiger charge is 2.25. The van der Waals surface area contributed by atoms with Crippen molar-refractivity contribution in [3.63, 3.8) is 0 Å². The van der Waals surface area contributed by atoms with Crippen molar-refractivity contribution in [2.75, 3.05) is 20.2 Å². The summed E-state index contributed by atoms with van der Waals surface area (Å²) in [6.45, 7) is 6.14. The Labute approximate surface area is 137 Å². The fraction of sp³-hybridized carbons (Fsp3) is 0.600. The molecule has 22 heavy (non-hydrogen) atoms. The van der Waals surface area contributed by atoms with Gasteiger partial charge >= 0.3 is 0 Å². The van der Waals surface area contributed by atoms with E-state index in [1.807, 2.05) is 0 Å². The third kappa shape index (κ3) is 4.13. The van der Waals surface area contributed by atoms with Crippen molar-refractivity contribution in [2.45, 2.75) is 43.7 Å². The van der Waals surface area contributed by atoms with Crippen LogP contribution < -0.4 is 9.46 Å². The van der Waals surface area contributed by atoms with Gasteiger partial charge in [-0.15, -0.1) is 0 Å². The van der Waals surface area contributed by atoms with Crippen LogP contribution in [0.25, 0.3) is 0 Å². The summed E-state index contributed by atoms with van der Waals surface area (Å²) >= 11 is 6.01. The molecule has 1 aliphatic rings. The van der Waals surface area contributed by atoms with Crippen molar-refractivity contribution in [1.82, 2.24) is 9.62 Å². The Balaban J connectivity index is 2.04. The molecule has 0 saturated carbocycles. The van der Waals surface area contributed by atoms with Crippen molar-refractivity contribution in [2.24, 2.45) is 0 Å². The van der Waals surface area contributed by atoms with Crippen LogP contribution in [0.5, 0.6) is 5.75 Å². The average Bonchev–Trinajstić information content (AvgIpc) is 2.47. The fourth-order valence-electron chi connectivity index (χ4n) is 2.64. The van der Waals surface area contributed by atoms with Gasteiger partial charge < -0.3 is 9.64 Å². The molecule has 7 heteroatoms. The zero-order valence-electron chi connectivity index (χ0n) is 13.2. The number of nitrogens with one attached hydrogen (secondary N) is 1. The summed E-state index contributed by atoms with van der Waals surface area (Å²) in [5.74, 6) is 0.464. The first-order valence-electron chi connectivity index (χ1n) is 7.43. The summed E-state index contributed by atoms with van der Waals surface area (Å²) < 4.78 is 32.7. The minimum absolute atomic E-state index is 0.0270. The first kappa shape index (κ1) is 17.5. The van der Waals surface area contributed by atoms with E-state index in [-0.39, 0.29) is 10.9 Å². The van der Waals surface area contributed by atoms with Crippen molar-refractivity contribution < 1.29 is 13.2 Å². The predicted molar refractivity (Wildman–Crippen MR) is 88.1 cm³/mol. The number of likely N-dealkylation sites (tertiary alicyclic amines) is 1. The number of methoxy groups -OCH3 is 1. The Kier molecular flexibility index (Phi) is 5.71. The van der Waals surface area contributed by atoms with Crippen LogP contribution in [0.1, 0.15) is 26.7 Å². The molecule has 0 bridgehead atoms. The third-order valence-corrected chi connectivity index (χ3v) is 5.83. The topological polar surface area (TPSA) is 58.6 Å². The lowest BCUT2D eigenvalue weighted by Crippen LogP contribution is -2.46. The SMILES string of the molecule is COc1ccc(S(=O)(=O)NC2CCN(C(C)C)CC2)cc1Cl. The second-order valence-corrected chi connectivity index (χ2v) is 7.94. The maximum absolute atomic E-state index is 12.4. The van der Waals surface area contributed by atoms with Crippen molar-refractivity contribution in [1.29, 1.82) is 0 Å². The molecule has 1 aliphatic heterocycles. The highest BCUT2D eigenvalue weighted by molar-refractivity contribution is 7.89. The highest BCUT2D eigenvalue weighted by atomic mass is 35.5. The monoisotopic (exact) mass is 346 g/mol. The van der Waals surface area contributed by atoms with Gasteiger partial charge in [-0.3, -0.25) is 0 Å². The van der Waals surface area contributed by atoms with Gasteiger partial charge in [-0.05, 0) is 58.0 Å². The Hall–Kier alpha value is -0.820. The molecule has 1 N–H and O–H groups in total. The van der Waals surface area contributed by atoms with Crippen LogP contribution >= 0.6 is 11.6 Å². The molecule has 1 aromatic carbocycles. The molecular formula is C15H23ClN2O3S. The molecule has 0 spiro atoms. The molecule has 0 unspecified atom stereocenters. The third-order valence-electron chi connectivity index (χ3n) is 4.02. The van der Waals surface area contributed by atoms with E-state index >= 15 is 0 Å². The molecule has 1 saturated heterocycles. The molecule has 0 aliphatic carbocycles. The van der Waals surface area contributed by atoms with Crippen molar-refractivity contribution >= 4 is 21.6 Å². The minimum atomic E-state index is -3.55. The lowest BCUT2D eigenvalue weighted by molar-refractivity contribution is 0.168. The van der Waals surface area contributed by atoms with Gasteiger partial charge in [0, 0.05) is 12.1 Å². The molecule has 1 aromatic rings. The van der Waals surface area contributed by atoms with E-state index in [0.717, 1.165) is 25.9 Å². The number of hydrogen-bond acceptors (Lipinski definition) is 4. The van der Waals surface area contributed by atoms with Gasteiger partial charge in [0.1, 0.15) is 5.75 Å². The van der Waals surface area contributed by atoms with Gasteiger partial charge in [-0.25, -0.2) is 13.1 Å². The van der Waals surface area contributed by atoms with Gasteiger partial charge in [-0.1, -0.05) is 11.6 Å². The number of nitrogens with zero attached hydrogens (tertiary/aromatic N) is 1. The van der Waals surface area contributed by atoms with E-state index in [4.69, 9.17) is 16.3 Å². The molecule has 5 nitrogen and oxygen atoms in total. The van der Waals surface area contributed by atoms with Crippen LogP contribution in [0.3, 0.4) is 0 Å². The van der Waals surface area contributed by atoms with Crippen LogP contribution in [0.2, 0.25) is 5.02 Å². The number of rotatable bonds is 5. The molecule has 1 fully saturated rings. The first-order chi connectivity index (χ1) is 10.3. The fourth-order valence-corrected chi connectivity index (χ4v) is 4.29. The van der Waals surface area contributed by atoms with E-state index in [0.29, 0.717) is 16.8 Å². The number of ether oxygens (including phenoxy) is 1. The van der Waals surface area contributed by atoms with Gasteiger partial charge in [-0.2, -0.15) is 0 Å². The van der Waals surface area contributed by atoms with Crippen molar-refractivity contribution in [3.8, 4) is 5.75 Å². The maximum Gasteiger partial charge on any atom is 0.240 e. The van der Waals surface area contributed by atoms with Crippen LogP contribution in [-0.4, -0.2) is 45.6 Å². The zero-order valence-corrected chi connectivity index (χ0v) is 14.7. The molecule has 0 amide bonds. The Bertz CT molecular complexity index is 611. The highest BCUT2D eigenvalue weighted by Crippen LogP contribution is 2.27. The lowest BCUT2D eigenvalue weighted by atomic mass is 10.1. The number of piperidine rings is 1. The molecule has 0 aromatic heterocycles. The van der Waals surface area contributed by atoms with E-state index < -0.39 is 10.0 Å². The maximum atomic E-state index is 12.4. The van der Waals surface area contributed by atoms with Gasteiger partial charge in [0.15, 0.2) is 0 Å². The Morgan fingerprint density at radius 3 is 2.45 bits per heavy atom. The molecular weight excluding hydrogens is 324 g/mol. The average molecular weight is 347 g/mol. The summed E-state index contributed by atoms with van der Waals surface area (Å²) in [5.41, 5.74) is 0. The Morgan fingerprint density at radius 2 is 1.95 bits per heavy atom. The molecule has 0 radical (unpaired) electrons. The number of hydrogen-bond donors (Lipinski definition) is 1. The summed E-state index contributed by atoms with van der Waals surface area (Å²) in [5, 5.41) is 0.292. The van der Waals surface area contributed by atoms with Crippen molar-refractivity contribution in [3.05, 3.63) is 23.2 Å². The van der Waals surface area contributed by atoms with Gasteiger partial charge in [0.05, 0.1) is 17.0 Å². The van der Waals surface area contributed by atoms with E-state index in [9.17, 15) is 8.42 Å². The van der Waals surface area contributed by atoms with Crippen LogP contribution in [0.15, 0.2) is 23.1 Å². The summed E-state index contributed by atoms with van der Waals surface area (Å²) in [6, 6.07) is 4.97. The smallest absolute Gasteiger partial charge is 0.240 e. The second-order valence-electron chi connectivity index (χ2n) is 5.82. The molecule has 1 heterocycles. The first-order valence-corrected chi connectivity index (χ1v) is 9.29. The van der Waals surface area contributed by atoms with Crippen LogP contribution in [-0.2, 0) is 10.0 Å². The number of sulfonamides is 1. The summed E-state index contributed by atoms with van der Waals surface area (Å²) in [6.07, 6.45) is 1.64. The summed E-state index contributed by atoms with van der Waals surface area (Å²) in [7, 11) is -2.06. The van der Waals surface area contributed by atoms with E-state index in [2.05, 4.69) is 23.5 Å². The van der Waals surface area contributed by atoms with E-state index in [1.54, 1.807) is 6.07 Å². The van der Waals surface area contributed by atoms with E-state index in [1.165, 1.54) is 19.2 Å². The van der Waals surface area contributed by atoms with Gasteiger partial charge in [0.25, 0.3) is 0 Å². The minimum Gasteiger partial charge on any atom is -0.495 e. The lowest BCUT2D eigenvalue weighted by Gasteiger charge is -2.34. The van der Waals surface area contributed by atoms with Crippen LogP contribution in [0.4, 0.5) is 0 Å². The number of halogens is 1. The van der Waals surface area contributed by atoms with Crippen LogP contribution in [0, 0.1) is 0 Å². The normalized spacial score (nSPS) is 17.9. The second kappa shape index (κ2) is 7.17. The molecule has 0 atom stereocenters. The van der Waals surface area contributed by atoms with Gasteiger partial charge in [0.2, 0.25) is 10.0 Å². The summed E-state index contributed by atoms with van der Waals surface area (Å²) in [4.78, 5) is 2.53. The predicted octanol–water partition coefficient (Wildman–Crippen LogP) is 2.50. The zero-order chi connectivity index (χ0) is 16.3.